The molecule has 4 N–H and O–H groups in total. The van der Waals surface area contributed by atoms with E-state index in [0.29, 0.717) is 0 Å². The molecule has 0 radical (unpaired) electrons. The van der Waals surface area contributed by atoms with Gasteiger partial charge in [0.2, 0.25) is 0 Å². The molecule has 0 spiro atoms. The molecule has 1 aromatic carbocycles. The number of thiocarbonyl (C=S) groups is 1. The summed E-state index contributed by atoms with van der Waals surface area (Å²) in [7, 11) is 0. The van der Waals surface area contributed by atoms with Crippen LogP contribution in [0.5, 0.6) is 0 Å². The SMILES string of the molecule is CC(C)(C)OC(=O)NC1(c2cccc(NC(N)=S)c2)CCCC1. The molecule has 0 unspecified atom stereocenters. The Morgan fingerprint density at radius 1 is 1.30 bits per heavy atom. The number of hydrogen-bond donors (Lipinski definition) is 3. The summed E-state index contributed by atoms with van der Waals surface area (Å²) in [6, 6.07) is 7.85. The lowest BCUT2D eigenvalue weighted by atomic mass is 9.88. The molecule has 0 bridgehead atoms. The molecule has 0 saturated heterocycles. The van der Waals surface area contributed by atoms with Gasteiger partial charge in [0.15, 0.2) is 5.11 Å². The zero-order chi connectivity index (χ0) is 17.1. The fourth-order valence-corrected chi connectivity index (χ4v) is 3.12. The third-order valence-corrected chi connectivity index (χ3v) is 3.98. The third kappa shape index (κ3) is 4.82. The van der Waals surface area contributed by atoms with Gasteiger partial charge in [-0.3, -0.25) is 0 Å². The molecule has 2 rings (SSSR count). The molecule has 1 fully saturated rings. The predicted octanol–water partition coefficient (Wildman–Crippen LogP) is 3.64. The van der Waals surface area contributed by atoms with Crippen LogP contribution in [0.15, 0.2) is 24.3 Å². The molecule has 0 aliphatic heterocycles. The number of amides is 1. The molecular weight excluding hydrogens is 310 g/mol. The van der Waals surface area contributed by atoms with Gasteiger partial charge in [0.1, 0.15) is 5.60 Å². The number of nitrogens with one attached hydrogen (secondary N) is 2. The maximum atomic E-state index is 12.3. The van der Waals surface area contributed by atoms with E-state index in [4.69, 9.17) is 22.7 Å². The maximum Gasteiger partial charge on any atom is 0.408 e. The molecule has 1 aliphatic carbocycles. The van der Waals surface area contributed by atoms with Crippen LogP contribution in [0.4, 0.5) is 10.5 Å². The van der Waals surface area contributed by atoms with Gasteiger partial charge in [0.25, 0.3) is 0 Å². The van der Waals surface area contributed by atoms with Gasteiger partial charge in [-0.05, 0) is 63.5 Å². The number of hydrogen-bond acceptors (Lipinski definition) is 3. The number of alkyl carbamates (subject to hydrolysis) is 1. The van der Waals surface area contributed by atoms with Gasteiger partial charge in [-0.1, -0.05) is 25.0 Å². The average Bonchev–Trinajstić information content (AvgIpc) is 2.85. The lowest BCUT2D eigenvalue weighted by Gasteiger charge is -2.32. The Hall–Kier alpha value is -1.82. The van der Waals surface area contributed by atoms with Gasteiger partial charge in [-0.15, -0.1) is 0 Å². The number of benzene rings is 1. The monoisotopic (exact) mass is 335 g/mol. The zero-order valence-corrected chi connectivity index (χ0v) is 14.8. The highest BCUT2D eigenvalue weighted by molar-refractivity contribution is 7.80. The van der Waals surface area contributed by atoms with E-state index in [1.807, 2.05) is 45.0 Å². The van der Waals surface area contributed by atoms with Gasteiger partial charge in [0.05, 0.1) is 5.54 Å². The molecule has 1 saturated carbocycles. The zero-order valence-electron chi connectivity index (χ0n) is 13.9. The first-order valence-electron chi connectivity index (χ1n) is 7.88. The van der Waals surface area contributed by atoms with Gasteiger partial charge in [0, 0.05) is 5.69 Å². The Morgan fingerprint density at radius 2 is 1.96 bits per heavy atom. The topological polar surface area (TPSA) is 76.4 Å². The molecule has 0 atom stereocenters. The molecule has 0 heterocycles. The molecule has 1 aliphatic rings. The van der Waals surface area contributed by atoms with Crippen LogP contribution in [0.1, 0.15) is 52.0 Å². The quantitative estimate of drug-likeness (QED) is 0.735. The standard InChI is InChI=1S/C17H25N3O2S/c1-16(2,3)22-15(21)20-17(9-4-5-10-17)12-7-6-8-13(11-12)19-14(18)23/h6-8,11H,4-5,9-10H2,1-3H3,(H,20,21)(H3,18,19,23). The second-order valence-corrected chi connectivity index (χ2v) is 7.43. The van der Waals surface area contributed by atoms with E-state index in [9.17, 15) is 4.79 Å². The van der Waals surface area contributed by atoms with Crippen molar-refractivity contribution in [1.82, 2.24) is 5.32 Å². The number of nitrogens with two attached hydrogens (primary N) is 1. The minimum absolute atomic E-state index is 0.225. The van der Waals surface area contributed by atoms with E-state index in [0.717, 1.165) is 36.9 Å². The summed E-state index contributed by atoms with van der Waals surface area (Å²) < 4.78 is 5.43. The first-order valence-corrected chi connectivity index (χ1v) is 8.29. The number of rotatable bonds is 3. The number of anilines is 1. The van der Waals surface area contributed by atoms with Crippen LogP contribution in [0.3, 0.4) is 0 Å². The van der Waals surface area contributed by atoms with E-state index in [-0.39, 0.29) is 11.2 Å². The summed E-state index contributed by atoms with van der Waals surface area (Å²) in [5.74, 6) is 0. The van der Waals surface area contributed by atoms with Crippen molar-refractivity contribution >= 4 is 29.1 Å². The minimum atomic E-state index is -0.515. The molecule has 23 heavy (non-hydrogen) atoms. The molecule has 6 heteroatoms. The van der Waals surface area contributed by atoms with Crippen molar-refractivity contribution in [3.05, 3.63) is 29.8 Å². The van der Waals surface area contributed by atoms with Crippen LogP contribution < -0.4 is 16.4 Å². The lowest BCUT2D eigenvalue weighted by molar-refractivity contribution is 0.0453. The highest BCUT2D eigenvalue weighted by atomic mass is 32.1. The smallest absolute Gasteiger partial charge is 0.408 e. The van der Waals surface area contributed by atoms with Crippen molar-refractivity contribution in [1.29, 1.82) is 0 Å². The van der Waals surface area contributed by atoms with Crippen molar-refractivity contribution in [2.24, 2.45) is 5.73 Å². The fraction of sp³-hybridized carbons (Fsp3) is 0.529. The summed E-state index contributed by atoms with van der Waals surface area (Å²) in [5.41, 5.74) is 6.50. The normalized spacial score (nSPS) is 16.7. The van der Waals surface area contributed by atoms with Crippen LogP contribution >= 0.6 is 12.2 Å². The average molecular weight is 335 g/mol. The molecule has 1 amide bonds. The summed E-state index contributed by atoms with van der Waals surface area (Å²) in [4.78, 5) is 12.3. The highest BCUT2D eigenvalue weighted by Gasteiger charge is 2.38. The summed E-state index contributed by atoms with van der Waals surface area (Å²) in [5, 5.41) is 6.26. The van der Waals surface area contributed by atoms with Crippen LogP contribution in [0.2, 0.25) is 0 Å². The Labute approximate surface area is 143 Å². The van der Waals surface area contributed by atoms with Gasteiger partial charge < -0.3 is 21.1 Å². The second kappa shape index (κ2) is 6.74. The van der Waals surface area contributed by atoms with E-state index in [2.05, 4.69) is 10.6 Å². The first kappa shape index (κ1) is 17.5. The molecule has 126 valence electrons. The van der Waals surface area contributed by atoms with Crippen molar-refractivity contribution in [3.63, 3.8) is 0 Å². The van der Waals surface area contributed by atoms with Gasteiger partial charge in [-0.2, -0.15) is 0 Å². The molecule has 1 aromatic rings. The number of carbonyl (C=O) groups is 1. The van der Waals surface area contributed by atoms with Crippen molar-refractivity contribution in [2.75, 3.05) is 5.32 Å². The Bertz CT molecular complexity index is 590. The van der Waals surface area contributed by atoms with Crippen LogP contribution in [-0.4, -0.2) is 16.8 Å². The minimum Gasteiger partial charge on any atom is -0.444 e. The Kier molecular flexibility index (Phi) is 5.14. The third-order valence-electron chi connectivity index (χ3n) is 3.88. The second-order valence-electron chi connectivity index (χ2n) is 6.99. The van der Waals surface area contributed by atoms with E-state index in [1.54, 1.807) is 0 Å². The molecule has 5 nitrogen and oxygen atoms in total. The van der Waals surface area contributed by atoms with Crippen LogP contribution in [-0.2, 0) is 10.3 Å². The summed E-state index contributed by atoms with van der Waals surface area (Å²) >= 11 is 4.89. The highest BCUT2D eigenvalue weighted by Crippen LogP contribution is 2.39. The van der Waals surface area contributed by atoms with E-state index >= 15 is 0 Å². The summed E-state index contributed by atoms with van der Waals surface area (Å²) in [6.45, 7) is 5.59. The molecule has 0 aromatic heterocycles. The Balaban J connectivity index is 2.23. The summed E-state index contributed by atoms with van der Waals surface area (Å²) in [6.07, 6.45) is 3.55. The maximum absolute atomic E-state index is 12.3. The lowest BCUT2D eigenvalue weighted by Crippen LogP contribution is -2.46. The number of ether oxygens (including phenoxy) is 1. The van der Waals surface area contributed by atoms with Crippen molar-refractivity contribution in [2.45, 2.75) is 57.6 Å². The van der Waals surface area contributed by atoms with Crippen LogP contribution in [0, 0.1) is 0 Å². The van der Waals surface area contributed by atoms with E-state index in [1.165, 1.54) is 0 Å². The fourth-order valence-electron chi connectivity index (χ4n) is 3.00. The molecular formula is C17H25N3O2S. The van der Waals surface area contributed by atoms with Gasteiger partial charge >= 0.3 is 6.09 Å². The van der Waals surface area contributed by atoms with Crippen molar-refractivity contribution < 1.29 is 9.53 Å². The Morgan fingerprint density at radius 3 is 2.52 bits per heavy atom. The first-order chi connectivity index (χ1) is 10.7. The predicted molar refractivity (Wildman–Crippen MR) is 96.4 cm³/mol. The van der Waals surface area contributed by atoms with E-state index < -0.39 is 11.1 Å². The largest absolute Gasteiger partial charge is 0.444 e. The van der Waals surface area contributed by atoms with Crippen LogP contribution in [0.25, 0.3) is 0 Å². The van der Waals surface area contributed by atoms with Crippen molar-refractivity contribution in [3.8, 4) is 0 Å². The van der Waals surface area contributed by atoms with Gasteiger partial charge in [-0.25, -0.2) is 4.79 Å². The number of carbonyl (C=O) groups excluding carboxylic acids is 1.